The average Bonchev–Trinajstić information content (AvgIpc) is 2.99. The first-order valence-corrected chi connectivity index (χ1v) is 7.73. The van der Waals surface area contributed by atoms with Gasteiger partial charge in [-0.25, -0.2) is 4.98 Å². The summed E-state index contributed by atoms with van der Waals surface area (Å²) < 4.78 is 7.15. The van der Waals surface area contributed by atoms with Crippen molar-refractivity contribution in [2.45, 2.75) is 53.2 Å². The predicted molar refractivity (Wildman–Crippen MR) is 94.0 cm³/mol. The van der Waals surface area contributed by atoms with E-state index in [4.69, 9.17) is 4.74 Å². The van der Waals surface area contributed by atoms with Crippen LogP contribution in [0.5, 0.6) is 0 Å². The van der Waals surface area contributed by atoms with Crippen LogP contribution in [0.15, 0.2) is 30.7 Å². The second-order valence-corrected chi connectivity index (χ2v) is 5.70. The fraction of sp³-hybridized carbons (Fsp3) is 0.444. The minimum atomic E-state index is -0.334. The van der Waals surface area contributed by atoms with Crippen LogP contribution in [-0.4, -0.2) is 15.5 Å². The molecule has 4 nitrogen and oxygen atoms in total. The molecule has 0 aliphatic rings. The molecule has 1 heterocycles. The maximum atomic E-state index is 11.4. The maximum Gasteiger partial charge on any atom is 0.307 e. The molecule has 0 bridgehead atoms. The number of carbonyl (C=O) groups excluding carboxylic acids is 1. The van der Waals surface area contributed by atoms with Crippen molar-refractivity contribution in [3.63, 3.8) is 0 Å². The Hall–Kier alpha value is -1.81. The number of esters is 1. The molecular formula is C18H25ClN2O2. The van der Waals surface area contributed by atoms with Crippen LogP contribution in [0, 0.1) is 13.8 Å². The van der Waals surface area contributed by atoms with Crippen molar-refractivity contribution in [2.75, 3.05) is 0 Å². The van der Waals surface area contributed by atoms with E-state index in [2.05, 4.69) is 44.0 Å². The minimum Gasteiger partial charge on any atom is -0.441 e. The zero-order chi connectivity index (χ0) is 16.3. The lowest BCUT2D eigenvalue weighted by Crippen LogP contribution is -2.12. The van der Waals surface area contributed by atoms with E-state index in [0.717, 1.165) is 5.69 Å². The number of carbonyl (C=O) groups is 1. The lowest BCUT2D eigenvalue weighted by Gasteiger charge is -2.15. The summed E-state index contributed by atoms with van der Waals surface area (Å²) >= 11 is 0. The highest BCUT2D eigenvalue weighted by molar-refractivity contribution is 5.85. The molecule has 0 amide bonds. The Morgan fingerprint density at radius 3 is 2.65 bits per heavy atom. The Balaban J connectivity index is 0.00000264. The van der Waals surface area contributed by atoms with Crippen molar-refractivity contribution in [2.24, 2.45) is 0 Å². The summed E-state index contributed by atoms with van der Waals surface area (Å²) in [5, 5.41) is 0. The molecule has 0 spiro atoms. The van der Waals surface area contributed by atoms with Gasteiger partial charge >= 0.3 is 5.97 Å². The van der Waals surface area contributed by atoms with Gasteiger partial charge in [0.15, 0.2) is 6.23 Å². The van der Waals surface area contributed by atoms with Crippen molar-refractivity contribution in [1.82, 2.24) is 9.55 Å². The molecule has 1 aromatic heterocycles. The van der Waals surface area contributed by atoms with Crippen molar-refractivity contribution < 1.29 is 9.53 Å². The van der Waals surface area contributed by atoms with Crippen molar-refractivity contribution in [1.29, 1.82) is 0 Å². The maximum absolute atomic E-state index is 11.4. The number of aryl methyl sites for hydroxylation is 1. The van der Waals surface area contributed by atoms with Gasteiger partial charge in [0.25, 0.3) is 0 Å². The van der Waals surface area contributed by atoms with E-state index in [9.17, 15) is 4.79 Å². The van der Waals surface area contributed by atoms with E-state index in [0.29, 0.717) is 6.42 Å². The molecule has 1 aromatic carbocycles. The summed E-state index contributed by atoms with van der Waals surface area (Å²) in [7, 11) is 0. The first-order chi connectivity index (χ1) is 10.4. The van der Waals surface area contributed by atoms with Crippen LogP contribution >= 0.6 is 12.4 Å². The van der Waals surface area contributed by atoms with Crippen molar-refractivity contribution in [3.05, 3.63) is 53.1 Å². The quantitative estimate of drug-likeness (QED) is 0.752. The normalized spacial score (nSPS) is 13.1. The van der Waals surface area contributed by atoms with Crippen LogP contribution in [-0.2, 0) is 9.53 Å². The third kappa shape index (κ3) is 4.35. The van der Waals surface area contributed by atoms with Gasteiger partial charge in [-0.1, -0.05) is 32.0 Å². The minimum absolute atomic E-state index is 0. The third-order valence-corrected chi connectivity index (χ3v) is 4.19. The predicted octanol–water partition coefficient (Wildman–Crippen LogP) is 4.55. The fourth-order valence-electron chi connectivity index (χ4n) is 2.51. The topological polar surface area (TPSA) is 44.1 Å². The summed E-state index contributed by atoms with van der Waals surface area (Å²) in [6, 6.07) is 6.35. The number of imidazole rings is 1. The van der Waals surface area contributed by atoms with Gasteiger partial charge in [-0.15, -0.1) is 12.4 Å². The summed E-state index contributed by atoms with van der Waals surface area (Å²) in [6.07, 6.45) is 3.73. The largest absolute Gasteiger partial charge is 0.441 e. The monoisotopic (exact) mass is 336 g/mol. The van der Waals surface area contributed by atoms with Crippen LogP contribution in [0.4, 0.5) is 0 Å². The second kappa shape index (κ2) is 8.16. The molecule has 0 N–H and O–H groups in total. The Morgan fingerprint density at radius 2 is 2.00 bits per heavy atom. The molecule has 5 heteroatoms. The first kappa shape index (κ1) is 19.2. The van der Waals surface area contributed by atoms with Gasteiger partial charge in [0.05, 0.1) is 12.0 Å². The molecule has 23 heavy (non-hydrogen) atoms. The molecule has 0 radical (unpaired) electrons. The third-order valence-electron chi connectivity index (χ3n) is 4.19. The van der Waals surface area contributed by atoms with Crippen LogP contribution < -0.4 is 0 Å². The van der Waals surface area contributed by atoms with Gasteiger partial charge in [-0.05, 0) is 37.5 Å². The molecular weight excluding hydrogens is 312 g/mol. The number of aromatic nitrogens is 2. The van der Waals surface area contributed by atoms with E-state index in [1.165, 1.54) is 16.7 Å². The van der Waals surface area contributed by atoms with Crippen LogP contribution in [0.3, 0.4) is 0 Å². The fourth-order valence-corrected chi connectivity index (χ4v) is 2.51. The zero-order valence-corrected chi connectivity index (χ0v) is 15.2. The average molecular weight is 337 g/mol. The van der Waals surface area contributed by atoms with E-state index in [1.807, 2.05) is 17.7 Å². The molecule has 0 fully saturated rings. The highest BCUT2D eigenvalue weighted by Crippen LogP contribution is 2.27. The smallest absolute Gasteiger partial charge is 0.307 e. The summed E-state index contributed by atoms with van der Waals surface area (Å²) in [4.78, 5) is 15.9. The van der Waals surface area contributed by atoms with Crippen molar-refractivity contribution >= 4 is 18.4 Å². The molecule has 0 aliphatic heterocycles. The molecule has 2 rings (SSSR count). The molecule has 126 valence electrons. The Morgan fingerprint density at radius 1 is 1.30 bits per heavy atom. The first-order valence-electron chi connectivity index (χ1n) is 7.73. The van der Waals surface area contributed by atoms with Crippen LogP contribution in [0.2, 0.25) is 0 Å². The van der Waals surface area contributed by atoms with E-state index >= 15 is 0 Å². The van der Waals surface area contributed by atoms with Gasteiger partial charge in [-0.3, -0.25) is 4.79 Å². The second-order valence-electron chi connectivity index (χ2n) is 5.70. The number of halogens is 1. The molecule has 2 atom stereocenters. The van der Waals surface area contributed by atoms with Crippen molar-refractivity contribution in [3.8, 4) is 0 Å². The Kier molecular flexibility index (Phi) is 6.82. The van der Waals surface area contributed by atoms with E-state index in [-0.39, 0.29) is 30.5 Å². The molecule has 1 unspecified atom stereocenters. The lowest BCUT2D eigenvalue weighted by molar-refractivity contribution is -0.152. The summed E-state index contributed by atoms with van der Waals surface area (Å²) in [6.45, 7) is 10.1. The molecule has 2 aromatic rings. The van der Waals surface area contributed by atoms with Gasteiger partial charge in [-0.2, -0.15) is 0 Å². The Labute approximate surface area is 144 Å². The van der Waals surface area contributed by atoms with Gasteiger partial charge < -0.3 is 9.30 Å². The van der Waals surface area contributed by atoms with E-state index in [1.54, 1.807) is 13.3 Å². The van der Waals surface area contributed by atoms with Gasteiger partial charge in [0, 0.05) is 18.5 Å². The number of ether oxygens (including phenoxy) is 1. The standard InChI is InChI=1S/C18H24N2O2.ClH/c1-6-18(21)22-15(5)20-10-17(19-11-20)14(4)16-9-7-8-12(2)13(16)3;/h7-11,14-15H,6H2,1-5H3;1H/t14-,15?;/m0./s1. The molecule has 0 saturated heterocycles. The number of benzene rings is 1. The summed E-state index contributed by atoms with van der Waals surface area (Å²) in [5.74, 6) is 0.000513. The van der Waals surface area contributed by atoms with Gasteiger partial charge in [0.2, 0.25) is 0 Å². The molecule has 0 saturated carbocycles. The van der Waals surface area contributed by atoms with E-state index < -0.39 is 0 Å². The molecule has 0 aliphatic carbocycles. The summed E-state index contributed by atoms with van der Waals surface area (Å²) in [5.41, 5.74) is 4.85. The number of rotatable bonds is 5. The number of nitrogens with zero attached hydrogens (tertiary/aromatic N) is 2. The van der Waals surface area contributed by atoms with Crippen LogP contribution in [0.1, 0.15) is 61.7 Å². The number of hydrogen-bond donors (Lipinski definition) is 0. The van der Waals surface area contributed by atoms with Crippen LogP contribution in [0.25, 0.3) is 0 Å². The lowest BCUT2D eigenvalue weighted by atomic mass is 9.92. The SMILES string of the molecule is CCC(=O)OC(C)n1cnc([C@@H](C)c2cccc(C)c2C)c1.Cl. The highest BCUT2D eigenvalue weighted by Gasteiger charge is 2.16. The number of hydrogen-bond acceptors (Lipinski definition) is 3. The van der Waals surface area contributed by atoms with Gasteiger partial charge in [0.1, 0.15) is 0 Å². The zero-order valence-electron chi connectivity index (χ0n) is 14.4. The highest BCUT2D eigenvalue weighted by atomic mass is 35.5. The Bertz CT molecular complexity index is 667.